The molecular formula is C23H29N3O4S. The van der Waals surface area contributed by atoms with Crippen molar-refractivity contribution < 1.29 is 18.0 Å². The van der Waals surface area contributed by atoms with Gasteiger partial charge in [-0.15, -0.1) is 0 Å². The fraction of sp³-hybridized carbons (Fsp3) is 0.391. The zero-order valence-corrected chi connectivity index (χ0v) is 19.2. The van der Waals surface area contributed by atoms with Crippen molar-refractivity contribution >= 4 is 33.2 Å². The van der Waals surface area contributed by atoms with Crippen LogP contribution >= 0.6 is 0 Å². The summed E-state index contributed by atoms with van der Waals surface area (Å²) in [4.78, 5) is 24.6. The molecule has 1 saturated heterocycles. The Morgan fingerprint density at radius 1 is 0.903 bits per heavy atom. The average molecular weight is 444 g/mol. The highest BCUT2D eigenvalue weighted by Gasteiger charge is 2.33. The minimum absolute atomic E-state index is 0.166. The predicted octanol–water partition coefficient (Wildman–Crippen LogP) is 3.61. The van der Waals surface area contributed by atoms with Crippen molar-refractivity contribution in [3.8, 4) is 0 Å². The molecule has 166 valence electrons. The van der Waals surface area contributed by atoms with Crippen LogP contribution in [0.4, 0.5) is 11.4 Å². The number of carbonyl (C=O) groups is 2. The van der Waals surface area contributed by atoms with Gasteiger partial charge in [-0.3, -0.25) is 9.59 Å². The highest BCUT2D eigenvalue weighted by Crippen LogP contribution is 2.28. The van der Waals surface area contributed by atoms with Crippen LogP contribution in [0, 0.1) is 26.7 Å². The van der Waals surface area contributed by atoms with Gasteiger partial charge in [-0.1, -0.05) is 23.8 Å². The number of nitrogens with zero attached hydrogens (tertiary/aromatic N) is 1. The normalized spacial score (nSPS) is 15.5. The highest BCUT2D eigenvalue weighted by atomic mass is 32.2. The van der Waals surface area contributed by atoms with E-state index in [0.29, 0.717) is 42.2 Å². The van der Waals surface area contributed by atoms with Gasteiger partial charge < -0.3 is 10.6 Å². The van der Waals surface area contributed by atoms with E-state index in [4.69, 9.17) is 0 Å². The van der Waals surface area contributed by atoms with E-state index in [1.54, 1.807) is 25.1 Å². The van der Waals surface area contributed by atoms with Gasteiger partial charge in [0, 0.05) is 25.9 Å². The number of nitrogens with one attached hydrogen (secondary N) is 2. The molecule has 0 bridgehead atoms. The van der Waals surface area contributed by atoms with Crippen LogP contribution in [-0.4, -0.2) is 37.6 Å². The summed E-state index contributed by atoms with van der Waals surface area (Å²) in [5.74, 6) is -0.679. The minimum Gasteiger partial charge on any atom is -0.325 e. The Morgan fingerprint density at radius 2 is 1.52 bits per heavy atom. The lowest BCUT2D eigenvalue weighted by molar-refractivity contribution is -0.121. The Balaban J connectivity index is 1.68. The second-order valence-corrected chi connectivity index (χ2v) is 10.1. The molecule has 2 N–H and O–H groups in total. The fourth-order valence-electron chi connectivity index (χ4n) is 3.88. The summed E-state index contributed by atoms with van der Waals surface area (Å²) >= 11 is 0. The molecule has 3 rings (SSSR count). The topological polar surface area (TPSA) is 95.6 Å². The van der Waals surface area contributed by atoms with Crippen LogP contribution < -0.4 is 10.6 Å². The quantitative estimate of drug-likeness (QED) is 0.738. The number of carbonyl (C=O) groups excluding carboxylic acids is 2. The van der Waals surface area contributed by atoms with Crippen molar-refractivity contribution in [3.05, 3.63) is 53.1 Å². The van der Waals surface area contributed by atoms with Crippen molar-refractivity contribution in [1.29, 1.82) is 0 Å². The Labute approximate surface area is 183 Å². The summed E-state index contributed by atoms with van der Waals surface area (Å²) in [5, 5.41) is 5.63. The zero-order chi connectivity index (χ0) is 22.8. The Morgan fingerprint density at radius 3 is 2.13 bits per heavy atom. The number of piperidine rings is 1. The first kappa shape index (κ1) is 23.0. The Kier molecular flexibility index (Phi) is 6.81. The van der Waals surface area contributed by atoms with Crippen LogP contribution in [0.2, 0.25) is 0 Å². The number of sulfonamides is 1. The number of hydrogen-bond donors (Lipinski definition) is 2. The number of hydrogen-bond acceptors (Lipinski definition) is 4. The van der Waals surface area contributed by atoms with Gasteiger partial charge in [0.2, 0.25) is 21.8 Å². The maximum absolute atomic E-state index is 13.1. The van der Waals surface area contributed by atoms with Crippen molar-refractivity contribution in [2.45, 2.75) is 45.4 Å². The smallest absolute Gasteiger partial charge is 0.243 e. The number of aryl methyl sites for hydroxylation is 3. The fourth-order valence-corrected chi connectivity index (χ4v) is 5.56. The SMILES string of the molecule is CC(=O)Nc1ccc(C)cc1NC(=O)C1CCN(S(=O)(=O)c2ccc(C)cc2C)CC1. The third-order valence-corrected chi connectivity index (χ3v) is 7.58. The third kappa shape index (κ3) is 5.32. The molecular weight excluding hydrogens is 414 g/mol. The van der Waals surface area contributed by atoms with Gasteiger partial charge in [0.05, 0.1) is 16.3 Å². The molecule has 1 aliphatic heterocycles. The summed E-state index contributed by atoms with van der Waals surface area (Å²) in [7, 11) is -3.59. The van der Waals surface area contributed by atoms with E-state index in [9.17, 15) is 18.0 Å². The van der Waals surface area contributed by atoms with Crippen molar-refractivity contribution in [3.63, 3.8) is 0 Å². The molecule has 2 amide bonds. The molecule has 0 aliphatic carbocycles. The number of anilines is 2. The molecule has 0 unspecified atom stereocenters. The average Bonchev–Trinajstić information content (AvgIpc) is 2.69. The zero-order valence-electron chi connectivity index (χ0n) is 18.4. The molecule has 8 heteroatoms. The number of benzene rings is 2. The number of amides is 2. The Hall–Kier alpha value is -2.71. The molecule has 1 aliphatic rings. The summed E-state index contributed by atoms with van der Waals surface area (Å²) < 4.78 is 27.6. The molecule has 0 spiro atoms. The molecule has 2 aromatic rings. The van der Waals surface area contributed by atoms with E-state index in [-0.39, 0.29) is 17.7 Å². The van der Waals surface area contributed by atoms with E-state index in [1.165, 1.54) is 11.2 Å². The van der Waals surface area contributed by atoms with Gasteiger partial charge in [0.15, 0.2) is 0 Å². The van der Waals surface area contributed by atoms with Gasteiger partial charge in [-0.05, 0) is 62.9 Å². The van der Waals surface area contributed by atoms with E-state index < -0.39 is 10.0 Å². The van der Waals surface area contributed by atoms with E-state index in [2.05, 4.69) is 10.6 Å². The standard InChI is InChI=1S/C23H29N3O4S/c1-15-6-8-22(17(3)13-15)31(29,30)26-11-9-19(10-12-26)23(28)25-21-14-16(2)5-7-20(21)24-18(4)27/h5-8,13-14,19H,9-12H2,1-4H3,(H,24,27)(H,25,28). The molecule has 1 fully saturated rings. The summed E-state index contributed by atoms with van der Waals surface area (Å²) in [6.07, 6.45) is 0.883. The second-order valence-electron chi connectivity index (χ2n) is 8.17. The number of rotatable bonds is 5. The van der Waals surface area contributed by atoms with E-state index >= 15 is 0 Å². The van der Waals surface area contributed by atoms with E-state index in [0.717, 1.165) is 16.7 Å². The molecule has 0 aromatic heterocycles. The first-order valence-corrected chi connectivity index (χ1v) is 11.8. The molecule has 2 aromatic carbocycles. The highest BCUT2D eigenvalue weighted by molar-refractivity contribution is 7.89. The van der Waals surface area contributed by atoms with Gasteiger partial charge in [0.25, 0.3) is 0 Å². The maximum atomic E-state index is 13.1. The van der Waals surface area contributed by atoms with E-state index in [1.807, 2.05) is 32.0 Å². The predicted molar refractivity (Wildman–Crippen MR) is 122 cm³/mol. The third-order valence-electron chi connectivity index (χ3n) is 5.52. The summed E-state index contributed by atoms with van der Waals surface area (Å²) in [6, 6.07) is 10.7. The molecule has 1 heterocycles. The van der Waals surface area contributed by atoms with Crippen LogP contribution in [0.3, 0.4) is 0 Å². The van der Waals surface area contributed by atoms with Gasteiger partial charge >= 0.3 is 0 Å². The van der Waals surface area contributed by atoms with Crippen LogP contribution in [0.1, 0.15) is 36.5 Å². The van der Waals surface area contributed by atoms with Crippen molar-refractivity contribution in [2.24, 2.45) is 5.92 Å². The van der Waals surface area contributed by atoms with Crippen molar-refractivity contribution in [2.75, 3.05) is 23.7 Å². The van der Waals surface area contributed by atoms with Crippen molar-refractivity contribution in [1.82, 2.24) is 4.31 Å². The lowest BCUT2D eigenvalue weighted by Crippen LogP contribution is -2.41. The molecule has 7 nitrogen and oxygen atoms in total. The first-order chi connectivity index (χ1) is 14.6. The van der Waals surface area contributed by atoms with Crippen LogP contribution in [0.25, 0.3) is 0 Å². The summed E-state index contributed by atoms with van der Waals surface area (Å²) in [6.45, 7) is 7.63. The van der Waals surface area contributed by atoms with Crippen LogP contribution in [0.15, 0.2) is 41.3 Å². The lowest BCUT2D eigenvalue weighted by Gasteiger charge is -2.31. The van der Waals surface area contributed by atoms with Gasteiger partial charge in [-0.2, -0.15) is 4.31 Å². The molecule has 0 atom stereocenters. The van der Waals surface area contributed by atoms with Crippen LogP contribution in [-0.2, 0) is 19.6 Å². The summed E-state index contributed by atoms with van der Waals surface area (Å²) in [5.41, 5.74) is 3.79. The second kappa shape index (κ2) is 9.20. The molecule has 0 radical (unpaired) electrons. The monoisotopic (exact) mass is 443 g/mol. The molecule has 31 heavy (non-hydrogen) atoms. The Bertz CT molecular complexity index is 1100. The maximum Gasteiger partial charge on any atom is 0.243 e. The minimum atomic E-state index is -3.59. The lowest BCUT2D eigenvalue weighted by atomic mass is 9.97. The van der Waals surface area contributed by atoms with Gasteiger partial charge in [-0.25, -0.2) is 8.42 Å². The van der Waals surface area contributed by atoms with Crippen LogP contribution in [0.5, 0.6) is 0 Å². The van der Waals surface area contributed by atoms with Gasteiger partial charge in [0.1, 0.15) is 0 Å². The first-order valence-electron chi connectivity index (χ1n) is 10.3. The molecule has 0 saturated carbocycles. The largest absolute Gasteiger partial charge is 0.325 e.